The number of aliphatic hydroxyl groups is 1. The van der Waals surface area contributed by atoms with Crippen molar-refractivity contribution in [1.82, 2.24) is 0 Å². The predicted molar refractivity (Wildman–Crippen MR) is 133 cm³/mol. The third kappa shape index (κ3) is 4.15. The van der Waals surface area contributed by atoms with Crippen LogP contribution >= 0.6 is 0 Å². The highest BCUT2D eigenvalue weighted by atomic mass is 16.6. The van der Waals surface area contributed by atoms with Crippen molar-refractivity contribution in [2.45, 2.75) is 84.5 Å². The van der Waals surface area contributed by atoms with Gasteiger partial charge in [0.25, 0.3) is 0 Å². The van der Waals surface area contributed by atoms with Gasteiger partial charge in [-0.25, -0.2) is 0 Å². The van der Waals surface area contributed by atoms with Crippen LogP contribution in [0.2, 0.25) is 0 Å². The lowest BCUT2D eigenvalue weighted by atomic mass is 9.55. The quantitative estimate of drug-likeness (QED) is 0.562. The minimum atomic E-state index is -0.583. The zero-order chi connectivity index (χ0) is 24.1. The first-order valence-corrected chi connectivity index (χ1v) is 12.9. The number of benzene rings is 2. The summed E-state index contributed by atoms with van der Waals surface area (Å²) in [5, 5.41) is 11.2. The van der Waals surface area contributed by atoms with Gasteiger partial charge in [-0.2, -0.15) is 0 Å². The molecule has 4 nitrogen and oxygen atoms in total. The summed E-state index contributed by atoms with van der Waals surface area (Å²) in [4.78, 5) is 12.6. The molecule has 0 saturated heterocycles. The van der Waals surface area contributed by atoms with E-state index in [1.807, 2.05) is 39.0 Å². The average Bonchev–Trinajstić information content (AvgIpc) is 3.07. The van der Waals surface area contributed by atoms with E-state index < -0.39 is 17.6 Å². The number of ether oxygens (including phenoxy) is 2. The first kappa shape index (κ1) is 23.4. The second-order valence-electron chi connectivity index (χ2n) is 12.0. The zero-order valence-corrected chi connectivity index (χ0v) is 20.9. The van der Waals surface area contributed by atoms with Gasteiger partial charge >= 0.3 is 5.97 Å². The summed E-state index contributed by atoms with van der Waals surface area (Å²) in [5.74, 6) is 2.13. The summed E-state index contributed by atoms with van der Waals surface area (Å²) in [6.45, 7) is 8.42. The van der Waals surface area contributed by atoms with Crippen LogP contribution in [0.4, 0.5) is 0 Å². The van der Waals surface area contributed by atoms with Crippen molar-refractivity contribution in [2.24, 2.45) is 22.7 Å². The molecule has 34 heavy (non-hydrogen) atoms. The fraction of sp³-hybridized carbons (Fsp3) is 0.567. The van der Waals surface area contributed by atoms with Gasteiger partial charge in [0.05, 0.1) is 11.5 Å². The Bertz CT molecular complexity index is 1040. The Kier molecular flexibility index (Phi) is 6.00. The third-order valence-corrected chi connectivity index (χ3v) is 8.77. The molecule has 1 N–H and O–H groups in total. The van der Waals surface area contributed by atoms with Gasteiger partial charge in [0.15, 0.2) is 0 Å². The number of fused-ring (bicyclic) bond motifs is 5. The van der Waals surface area contributed by atoms with Crippen molar-refractivity contribution in [2.75, 3.05) is 0 Å². The molecular formula is C30H38O4. The van der Waals surface area contributed by atoms with Crippen LogP contribution in [0, 0.1) is 22.7 Å². The number of hydrogen-bond acceptors (Lipinski definition) is 4. The molecule has 0 spiro atoms. The minimum absolute atomic E-state index is 0.180. The molecule has 0 aromatic heterocycles. The smallest absolute Gasteiger partial charge is 0.311 e. The van der Waals surface area contributed by atoms with Gasteiger partial charge in [0.2, 0.25) is 0 Å². The number of aliphatic hydroxyl groups excluding tert-OH is 1. The number of hydrogen-bond donors (Lipinski definition) is 1. The van der Waals surface area contributed by atoms with E-state index in [1.54, 1.807) is 0 Å². The summed E-state index contributed by atoms with van der Waals surface area (Å²) in [5.41, 5.74) is 3.30. The molecule has 0 radical (unpaired) electrons. The Hall–Kier alpha value is -2.33. The Morgan fingerprint density at radius 1 is 1.12 bits per heavy atom. The second-order valence-corrected chi connectivity index (χ2v) is 12.0. The van der Waals surface area contributed by atoms with Gasteiger partial charge in [-0.1, -0.05) is 43.3 Å². The molecule has 2 aromatic rings. The van der Waals surface area contributed by atoms with Crippen molar-refractivity contribution in [3.05, 3.63) is 65.2 Å². The highest BCUT2D eigenvalue weighted by molar-refractivity contribution is 5.75. The number of carbonyl (C=O) groups is 1. The molecule has 2 aromatic carbocycles. The highest BCUT2D eigenvalue weighted by Gasteiger charge is 2.59. The van der Waals surface area contributed by atoms with Crippen LogP contribution in [0.15, 0.2) is 48.5 Å². The predicted octanol–water partition coefficient (Wildman–Crippen LogP) is 6.05. The van der Waals surface area contributed by atoms with E-state index in [1.165, 1.54) is 16.7 Å². The molecule has 2 fully saturated rings. The lowest BCUT2D eigenvalue weighted by Gasteiger charge is -2.49. The standard InChI is InChI=1S/C30H38O4/c1-29(2,3)28(32)34-26-17-25-24-12-10-20-16-21(33-18-19-8-6-5-7-9-19)11-13-22(20)23(24)14-15-30(25,4)27(26)31/h5-9,11,13,16,23-27,31H,10,12,14-15,17-18H2,1-4H3/t23-,24-,25+,26-,27+,30+/m1/s1. The summed E-state index contributed by atoms with van der Waals surface area (Å²) in [6, 6.07) is 16.9. The molecule has 3 aliphatic carbocycles. The molecule has 0 bridgehead atoms. The maximum absolute atomic E-state index is 12.6. The zero-order valence-electron chi connectivity index (χ0n) is 20.9. The largest absolute Gasteiger partial charge is 0.489 e. The maximum Gasteiger partial charge on any atom is 0.311 e. The number of aryl methyl sites for hydroxylation is 1. The molecule has 4 heteroatoms. The first-order valence-electron chi connectivity index (χ1n) is 12.9. The first-order chi connectivity index (χ1) is 16.2. The third-order valence-electron chi connectivity index (χ3n) is 8.77. The molecule has 0 aliphatic heterocycles. The van der Waals surface area contributed by atoms with Crippen LogP contribution in [-0.2, 0) is 22.6 Å². The monoisotopic (exact) mass is 462 g/mol. The van der Waals surface area contributed by atoms with E-state index in [-0.39, 0.29) is 11.4 Å². The Morgan fingerprint density at radius 3 is 2.62 bits per heavy atom. The lowest BCUT2D eigenvalue weighted by molar-refractivity contribution is -0.165. The van der Waals surface area contributed by atoms with Gasteiger partial charge in [-0.15, -0.1) is 0 Å². The number of esters is 1. The molecule has 0 heterocycles. The van der Waals surface area contributed by atoms with E-state index in [9.17, 15) is 9.90 Å². The normalized spacial score (nSPS) is 32.3. The van der Waals surface area contributed by atoms with E-state index in [0.717, 1.165) is 37.9 Å². The van der Waals surface area contributed by atoms with Crippen molar-refractivity contribution in [3.8, 4) is 5.75 Å². The number of rotatable bonds is 4. The molecule has 3 aliphatic rings. The van der Waals surface area contributed by atoms with Crippen LogP contribution in [0.1, 0.15) is 76.0 Å². The SMILES string of the molecule is CC(C)(C)C(=O)O[C@@H]1C[C@H]2[C@@H]3CCc4cc(OCc5ccccc5)ccc4[C@H]3CC[C@]2(C)[C@H]1O. The Morgan fingerprint density at radius 2 is 1.88 bits per heavy atom. The van der Waals surface area contributed by atoms with Crippen LogP contribution < -0.4 is 4.74 Å². The van der Waals surface area contributed by atoms with Crippen molar-refractivity contribution >= 4 is 5.97 Å². The van der Waals surface area contributed by atoms with Gasteiger partial charge in [-0.05, 0) is 99.5 Å². The van der Waals surface area contributed by atoms with E-state index in [0.29, 0.717) is 24.4 Å². The average molecular weight is 463 g/mol. The van der Waals surface area contributed by atoms with Crippen LogP contribution in [0.3, 0.4) is 0 Å². The van der Waals surface area contributed by atoms with Gasteiger partial charge < -0.3 is 14.6 Å². The summed E-state index contributed by atoms with van der Waals surface area (Å²) in [7, 11) is 0. The fourth-order valence-electron chi connectivity index (χ4n) is 6.78. The lowest BCUT2D eigenvalue weighted by Crippen LogP contribution is -2.45. The molecule has 5 rings (SSSR count). The van der Waals surface area contributed by atoms with Crippen LogP contribution in [0.5, 0.6) is 5.75 Å². The number of carbonyl (C=O) groups excluding carboxylic acids is 1. The minimum Gasteiger partial charge on any atom is -0.489 e. The van der Waals surface area contributed by atoms with Crippen LogP contribution in [0.25, 0.3) is 0 Å². The van der Waals surface area contributed by atoms with E-state index >= 15 is 0 Å². The maximum atomic E-state index is 12.6. The van der Waals surface area contributed by atoms with E-state index in [2.05, 4.69) is 37.3 Å². The highest BCUT2D eigenvalue weighted by Crippen LogP contribution is 2.61. The summed E-state index contributed by atoms with van der Waals surface area (Å²) >= 11 is 0. The van der Waals surface area contributed by atoms with E-state index in [4.69, 9.17) is 9.47 Å². The van der Waals surface area contributed by atoms with Gasteiger partial charge in [0, 0.05) is 5.41 Å². The summed E-state index contributed by atoms with van der Waals surface area (Å²) < 4.78 is 12.0. The molecule has 6 atom stereocenters. The van der Waals surface area contributed by atoms with Gasteiger partial charge in [-0.3, -0.25) is 4.79 Å². The van der Waals surface area contributed by atoms with Crippen molar-refractivity contribution in [1.29, 1.82) is 0 Å². The van der Waals surface area contributed by atoms with Crippen LogP contribution in [-0.4, -0.2) is 23.3 Å². The fourth-order valence-corrected chi connectivity index (χ4v) is 6.78. The Labute approximate surface area is 203 Å². The molecular weight excluding hydrogens is 424 g/mol. The van der Waals surface area contributed by atoms with Gasteiger partial charge in [0.1, 0.15) is 18.5 Å². The Balaban J connectivity index is 1.31. The van der Waals surface area contributed by atoms with Crippen molar-refractivity contribution < 1.29 is 19.4 Å². The molecule has 2 saturated carbocycles. The molecule has 182 valence electrons. The van der Waals surface area contributed by atoms with Crippen molar-refractivity contribution in [3.63, 3.8) is 0 Å². The summed E-state index contributed by atoms with van der Waals surface area (Å²) in [6.07, 6.45) is 3.99. The topological polar surface area (TPSA) is 55.8 Å². The second kappa shape index (κ2) is 8.71. The molecule has 0 amide bonds. The molecule has 0 unspecified atom stereocenters.